The second kappa shape index (κ2) is 5.25. The van der Waals surface area contributed by atoms with Crippen LogP contribution in [0.5, 0.6) is 0 Å². The quantitative estimate of drug-likeness (QED) is 0.897. The lowest BCUT2D eigenvalue weighted by Crippen LogP contribution is -2.02. The topological polar surface area (TPSA) is 48.7 Å². The molecule has 0 fully saturated rings. The van der Waals surface area contributed by atoms with Gasteiger partial charge in [0.1, 0.15) is 11.9 Å². The van der Waals surface area contributed by atoms with Crippen molar-refractivity contribution < 1.29 is 4.39 Å². The second-order valence-electron chi connectivity index (χ2n) is 4.14. The van der Waals surface area contributed by atoms with Gasteiger partial charge < -0.3 is 5.32 Å². The van der Waals surface area contributed by atoms with E-state index < -0.39 is 5.82 Å². The van der Waals surface area contributed by atoms with Crippen molar-refractivity contribution >= 4 is 23.1 Å². The fourth-order valence-electron chi connectivity index (χ4n) is 1.80. The van der Waals surface area contributed by atoms with Gasteiger partial charge in [0.15, 0.2) is 5.82 Å². The lowest BCUT2D eigenvalue weighted by Gasteiger charge is -2.11. The Hall–Kier alpha value is -2.12. The minimum Gasteiger partial charge on any atom is -0.337 e. The summed E-state index contributed by atoms with van der Waals surface area (Å²) in [6.45, 7) is 3.63. The van der Waals surface area contributed by atoms with E-state index in [2.05, 4.69) is 16.4 Å². The molecule has 96 valence electrons. The molecule has 0 radical (unpaired) electrons. The highest BCUT2D eigenvalue weighted by Gasteiger charge is 2.12. The van der Waals surface area contributed by atoms with Crippen molar-refractivity contribution in [3.05, 3.63) is 51.9 Å². The Morgan fingerprint density at radius 1 is 1.37 bits per heavy atom. The number of pyridine rings is 1. The fraction of sp³-hybridized carbons (Fsp3) is 0.143. The Morgan fingerprint density at radius 2 is 2.11 bits per heavy atom. The predicted molar refractivity (Wildman–Crippen MR) is 73.1 cm³/mol. The molecule has 1 N–H and O–H groups in total. The molecule has 2 aromatic rings. The number of anilines is 2. The van der Waals surface area contributed by atoms with E-state index in [0.29, 0.717) is 11.4 Å². The van der Waals surface area contributed by atoms with Gasteiger partial charge in [-0.1, -0.05) is 17.7 Å². The van der Waals surface area contributed by atoms with Crippen LogP contribution in [0, 0.1) is 31.0 Å². The van der Waals surface area contributed by atoms with E-state index in [1.165, 1.54) is 6.07 Å². The van der Waals surface area contributed by atoms with Crippen molar-refractivity contribution in [3.8, 4) is 6.07 Å². The normalized spacial score (nSPS) is 10.1. The van der Waals surface area contributed by atoms with E-state index in [4.69, 9.17) is 16.9 Å². The van der Waals surface area contributed by atoms with Crippen LogP contribution in [0.25, 0.3) is 0 Å². The third-order valence-corrected chi connectivity index (χ3v) is 2.95. The van der Waals surface area contributed by atoms with Crippen LogP contribution < -0.4 is 5.32 Å². The summed E-state index contributed by atoms with van der Waals surface area (Å²) >= 11 is 5.72. The third kappa shape index (κ3) is 2.67. The fourth-order valence-corrected chi connectivity index (χ4v) is 1.97. The Balaban J connectivity index is 2.50. The number of nitrogens with one attached hydrogen (secondary N) is 1. The summed E-state index contributed by atoms with van der Waals surface area (Å²) in [7, 11) is 0. The minimum absolute atomic E-state index is 0.0212. The lowest BCUT2D eigenvalue weighted by molar-refractivity contribution is 0.632. The highest BCUT2D eigenvalue weighted by Crippen LogP contribution is 2.27. The molecule has 0 unspecified atom stereocenters. The molecule has 5 heteroatoms. The van der Waals surface area contributed by atoms with Gasteiger partial charge in [0, 0.05) is 5.69 Å². The molecule has 19 heavy (non-hydrogen) atoms. The number of nitriles is 1. The average molecular weight is 276 g/mol. The summed E-state index contributed by atoms with van der Waals surface area (Å²) in [6, 6.07) is 8.50. The van der Waals surface area contributed by atoms with E-state index >= 15 is 0 Å². The zero-order chi connectivity index (χ0) is 14.0. The Morgan fingerprint density at radius 3 is 2.79 bits per heavy atom. The van der Waals surface area contributed by atoms with E-state index in [1.807, 2.05) is 13.8 Å². The van der Waals surface area contributed by atoms with E-state index in [1.54, 1.807) is 18.2 Å². The summed E-state index contributed by atoms with van der Waals surface area (Å²) in [6.07, 6.45) is 0. The first-order valence-corrected chi connectivity index (χ1v) is 6.00. The molecule has 0 amide bonds. The van der Waals surface area contributed by atoms with Crippen molar-refractivity contribution in [1.29, 1.82) is 5.26 Å². The Bertz CT molecular complexity index is 677. The number of hydrogen-bond acceptors (Lipinski definition) is 3. The standard InChI is InChI=1S/C14H11ClFN3/c1-8-6-9(2)18-14(10(8)7-17)19-12-5-3-4-11(15)13(12)16/h3-6H,1-2H3,(H,18,19). The van der Waals surface area contributed by atoms with Crippen molar-refractivity contribution in [2.75, 3.05) is 5.32 Å². The molecule has 2 rings (SSSR count). The molecule has 0 aliphatic rings. The third-order valence-electron chi connectivity index (χ3n) is 2.66. The minimum atomic E-state index is -0.561. The highest BCUT2D eigenvalue weighted by molar-refractivity contribution is 6.31. The molecule has 0 aliphatic heterocycles. The van der Waals surface area contributed by atoms with Gasteiger partial charge >= 0.3 is 0 Å². The van der Waals surface area contributed by atoms with Crippen LogP contribution in [0.15, 0.2) is 24.3 Å². The first kappa shape index (κ1) is 13.3. The maximum absolute atomic E-state index is 13.8. The summed E-state index contributed by atoms with van der Waals surface area (Å²) in [4.78, 5) is 4.23. The van der Waals surface area contributed by atoms with Crippen LogP contribution in [-0.4, -0.2) is 4.98 Å². The number of rotatable bonds is 2. The molecule has 1 aromatic carbocycles. The smallest absolute Gasteiger partial charge is 0.165 e. The SMILES string of the molecule is Cc1cc(C)c(C#N)c(Nc2cccc(Cl)c2F)n1. The molecular formula is C14H11ClFN3. The maximum atomic E-state index is 13.8. The van der Waals surface area contributed by atoms with Crippen LogP contribution in [-0.2, 0) is 0 Å². The zero-order valence-corrected chi connectivity index (χ0v) is 11.2. The Kier molecular flexibility index (Phi) is 3.68. The van der Waals surface area contributed by atoms with Gasteiger partial charge in [0.2, 0.25) is 0 Å². The maximum Gasteiger partial charge on any atom is 0.165 e. The molecule has 0 saturated carbocycles. The van der Waals surface area contributed by atoms with Crippen LogP contribution >= 0.6 is 11.6 Å². The number of benzene rings is 1. The molecule has 1 heterocycles. The summed E-state index contributed by atoms with van der Waals surface area (Å²) in [5.41, 5.74) is 2.13. The van der Waals surface area contributed by atoms with Crippen LogP contribution in [0.4, 0.5) is 15.9 Å². The molecule has 1 aromatic heterocycles. The van der Waals surface area contributed by atoms with Gasteiger partial charge in [-0.2, -0.15) is 5.26 Å². The molecule has 0 bridgehead atoms. The summed E-state index contributed by atoms with van der Waals surface area (Å²) < 4.78 is 13.8. The Labute approximate surface area is 115 Å². The van der Waals surface area contributed by atoms with Crippen LogP contribution in [0.1, 0.15) is 16.8 Å². The summed E-state index contributed by atoms with van der Waals surface area (Å²) in [5, 5.41) is 12.0. The largest absolute Gasteiger partial charge is 0.337 e. The first-order valence-electron chi connectivity index (χ1n) is 5.62. The molecule has 3 nitrogen and oxygen atoms in total. The predicted octanol–water partition coefficient (Wildman–Crippen LogP) is 4.11. The molecule has 0 atom stereocenters. The van der Waals surface area contributed by atoms with Gasteiger partial charge in [-0.3, -0.25) is 0 Å². The first-order chi connectivity index (χ1) is 9.02. The number of halogens is 2. The van der Waals surface area contributed by atoms with Crippen LogP contribution in [0.2, 0.25) is 5.02 Å². The molecule has 0 aliphatic carbocycles. The van der Waals surface area contributed by atoms with Gasteiger partial charge in [0.05, 0.1) is 16.3 Å². The number of aromatic nitrogens is 1. The van der Waals surface area contributed by atoms with E-state index in [9.17, 15) is 4.39 Å². The van der Waals surface area contributed by atoms with Crippen molar-refractivity contribution in [2.24, 2.45) is 0 Å². The van der Waals surface area contributed by atoms with E-state index in [0.717, 1.165) is 11.3 Å². The number of nitrogens with zero attached hydrogens (tertiary/aromatic N) is 2. The van der Waals surface area contributed by atoms with Crippen molar-refractivity contribution in [2.45, 2.75) is 13.8 Å². The average Bonchev–Trinajstić information content (AvgIpc) is 2.34. The zero-order valence-electron chi connectivity index (χ0n) is 10.5. The molecular weight excluding hydrogens is 265 g/mol. The highest BCUT2D eigenvalue weighted by atomic mass is 35.5. The molecule has 0 saturated heterocycles. The van der Waals surface area contributed by atoms with Crippen LogP contribution in [0.3, 0.4) is 0 Å². The van der Waals surface area contributed by atoms with Gasteiger partial charge in [-0.15, -0.1) is 0 Å². The molecule has 0 spiro atoms. The monoisotopic (exact) mass is 275 g/mol. The number of aryl methyl sites for hydroxylation is 2. The van der Waals surface area contributed by atoms with Gasteiger partial charge in [0.25, 0.3) is 0 Å². The van der Waals surface area contributed by atoms with Crippen molar-refractivity contribution in [3.63, 3.8) is 0 Å². The number of hydrogen-bond donors (Lipinski definition) is 1. The second-order valence-corrected chi connectivity index (χ2v) is 4.55. The van der Waals surface area contributed by atoms with Gasteiger partial charge in [-0.05, 0) is 37.6 Å². The summed E-state index contributed by atoms with van der Waals surface area (Å²) in [5.74, 6) is -0.227. The van der Waals surface area contributed by atoms with Crippen molar-refractivity contribution in [1.82, 2.24) is 4.98 Å². The lowest BCUT2D eigenvalue weighted by atomic mass is 10.1. The van der Waals surface area contributed by atoms with E-state index in [-0.39, 0.29) is 10.7 Å². The van der Waals surface area contributed by atoms with Gasteiger partial charge in [-0.25, -0.2) is 9.37 Å².